The van der Waals surface area contributed by atoms with Crippen LogP contribution >= 0.6 is 11.6 Å². The first-order valence-corrected chi connectivity index (χ1v) is 7.54. The third kappa shape index (κ3) is 4.97. The molecule has 4 nitrogen and oxygen atoms in total. The molecule has 0 aliphatic carbocycles. The van der Waals surface area contributed by atoms with E-state index in [9.17, 15) is 8.42 Å². The fourth-order valence-electron chi connectivity index (χ4n) is 1.56. The first-order valence-electron chi connectivity index (χ1n) is 5.51. The molecule has 0 heterocycles. The normalized spacial score (nSPS) is 10.1. The minimum atomic E-state index is -3.29. The average molecular weight is 311 g/mol. The lowest BCUT2D eigenvalue weighted by Gasteiger charge is -2.04. The summed E-state index contributed by atoms with van der Waals surface area (Å²) < 4.78 is 24.1. The Hall–Kier alpha value is -1.94. The van der Waals surface area contributed by atoms with Crippen molar-refractivity contribution in [2.75, 3.05) is 0 Å². The monoisotopic (exact) mass is 310 g/mol. The number of carbonyl (C=O) groups excluding carboxylic acids is 2. The van der Waals surface area contributed by atoms with Crippen LogP contribution in [0.25, 0.3) is 0 Å². The molecule has 0 radical (unpaired) electrons. The van der Waals surface area contributed by atoms with Gasteiger partial charge in [0.2, 0.25) is 0 Å². The van der Waals surface area contributed by atoms with E-state index in [-0.39, 0.29) is 11.9 Å². The van der Waals surface area contributed by atoms with Gasteiger partial charge in [-0.25, -0.2) is 8.42 Å². The molecular weight excluding hydrogens is 300 g/mol. The van der Waals surface area contributed by atoms with Crippen molar-refractivity contribution in [1.29, 1.82) is 0 Å². The van der Waals surface area contributed by atoms with Crippen molar-refractivity contribution in [1.82, 2.24) is 0 Å². The molecule has 0 aliphatic rings. The number of sulfone groups is 1. The summed E-state index contributed by atoms with van der Waals surface area (Å²) >= 11 is 5.82. The Balaban J connectivity index is 0.000000612. The molecule has 0 aliphatic heterocycles. The second-order valence-corrected chi connectivity index (χ2v) is 6.21. The molecule has 0 fully saturated rings. The van der Waals surface area contributed by atoms with E-state index in [1.165, 1.54) is 0 Å². The second kappa shape index (κ2) is 7.60. The molecule has 2 aromatic rings. The van der Waals surface area contributed by atoms with Gasteiger partial charge in [0.15, 0.2) is 9.84 Å². The molecule has 0 spiro atoms. The van der Waals surface area contributed by atoms with Gasteiger partial charge in [0.1, 0.15) is 0 Å². The molecule has 0 N–H and O–H groups in total. The van der Waals surface area contributed by atoms with Gasteiger partial charge < -0.3 is 0 Å². The zero-order valence-corrected chi connectivity index (χ0v) is 11.9. The smallest absolute Gasteiger partial charge is 0.223 e. The highest BCUT2D eigenvalue weighted by Crippen LogP contribution is 2.18. The number of hydrogen-bond acceptors (Lipinski definition) is 4. The Morgan fingerprint density at radius 2 is 1.55 bits per heavy atom. The highest BCUT2D eigenvalue weighted by atomic mass is 35.5. The molecule has 0 amide bonds. The summed E-state index contributed by atoms with van der Waals surface area (Å²) in [5.41, 5.74) is 0.696. The van der Waals surface area contributed by atoms with E-state index >= 15 is 0 Å². The van der Waals surface area contributed by atoms with E-state index in [1.54, 1.807) is 54.6 Å². The maximum Gasteiger partial charge on any atom is 0.373 e. The van der Waals surface area contributed by atoms with Crippen LogP contribution in [0, 0.1) is 0 Å². The predicted molar refractivity (Wildman–Crippen MR) is 73.8 cm³/mol. The minimum absolute atomic E-state index is 0.0302. The first-order chi connectivity index (χ1) is 9.49. The molecule has 2 rings (SSSR count). The Morgan fingerprint density at radius 1 is 0.950 bits per heavy atom. The maximum absolute atomic E-state index is 12.1. The van der Waals surface area contributed by atoms with Gasteiger partial charge in [-0.3, -0.25) is 0 Å². The summed E-state index contributed by atoms with van der Waals surface area (Å²) in [6.07, 6.45) is 0.250. The summed E-state index contributed by atoms with van der Waals surface area (Å²) in [5.74, 6) is -0.0302. The Bertz CT molecular complexity index is 690. The quantitative estimate of drug-likeness (QED) is 0.874. The van der Waals surface area contributed by atoms with Crippen molar-refractivity contribution in [2.45, 2.75) is 10.6 Å². The highest BCUT2D eigenvalue weighted by molar-refractivity contribution is 7.90. The van der Waals surface area contributed by atoms with Crippen molar-refractivity contribution in [3.05, 3.63) is 65.2 Å². The van der Waals surface area contributed by atoms with Crippen LogP contribution in [-0.4, -0.2) is 14.6 Å². The molecule has 6 heteroatoms. The standard InChI is InChI=1S/C13H11ClO2S.CO2/c14-12-6-4-5-11(9-12)10-17(15,16)13-7-2-1-3-8-13;2-1-3/h1-9H,10H2;. The predicted octanol–water partition coefficient (Wildman–Crippen LogP) is 2.73. The van der Waals surface area contributed by atoms with Gasteiger partial charge >= 0.3 is 6.15 Å². The van der Waals surface area contributed by atoms with Crippen molar-refractivity contribution in [3.63, 3.8) is 0 Å². The van der Waals surface area contributed by atoms with Crippen LogP contribution in [0.1, 0.15) is 5.56 Å². The van der Waals surface area contributed by atoms with E-state index in [0.717, 1.165) is 0 Å². The van der Waals surface area contributed by atoms with Crippen molar-refractivity contribution >= 4 is 27.6 Å². The maximum atomic E-state index is 12.1. The molecule has 0 atom stereocenters. The van der Waals surface area contributed by atoms with Crippen molar-refractivity contribution in [2.24, 2.45) is 0 Å². The van der Waals surface area contributed by atoms with E-state index < -0.39 is 9.84 Å². The highest BCUT2D eigenvalue weighted by Gasteiger charge is 2.14. The van der Waals surface area contributed by atoms with Crippen molar-refractivity contribution < 1.29 is 18.0 Å². The summed E-state index contributed by atoms with van der Waals surface area (Å²) in [5, 5.41) is 0.547. The van der Waals surface area contributed by atoms with Crippen molar-refractivity contribution in [3.8, 4) is 0 Å². The van der Waals surface area contributed by atoms with Crippen LogP contribution in [0.4, 0.5) is 0 Å². The number of rotatable bonds is 3. The molecule has 20 heavy (non-hydrogen) atoms. The number of halogens is 1. The van der Waals surface area contributed by atoms with Gasteiger partial charge in [0, 0.05) is 5.02 Å². The summed E-state index contributed by atoms with van der Waals surface area (Å²) in [6.45, 7) is 0. The van der Waals surface area contributed by atoms with Gasteiger partial charge in [0.05, 0.1) is 10.6 Å². The lowest BCUT2D eigenvalue weighted by molar-refractivity contribution is -0.191. The van der Waals surface area contributed by atoms with Gasteiger partial charge in [0.25, 0.3) is 0 Å². The largest absolute Gasteiger partial charge is 0.373 e. The molecule has 0 saturated carbocycles. The van der Waals surface area contributed by atoms with Gasteiger partial charge in [-0.05, 0) is 29.8 Å². The number of hydrogen-bond donors (Lipinski definition) is 0. The molecule has 0 saturated heterocycles. The van der Waals surface area contributed by atoms with Crippen LogP contribution in [0.2, 0.25) is 5.02 Å². The Labute approximate surface area is 121 Å². The van der Waals surface area contributed by atoms with Crippen LogP contribution in [-0.2, 0) is 25.2 Å². The Kier molecular flexibility index (Phi) is 6.12. The van der Waals surface area contributed by atoms with Crippen LogP contribution in [0.3, 0.4) is 0 Å². The molecule has 0 bridgehead atoms. The second-order valence-electron chi connectivity index (χ2n) is 3.79. The SMILES string of the molecule is O=C=O.O=S(=O)(Cc1cccc(Cl)c1)c1ccccc1. The minimum Gasteiger partial charge on any atom is -0.223 e. The van der Waals surface area contributed by atoms with E-state index in [2.05, 4.69) is 0 Å². The van der Waals surface area contributed by atoms with E-state index in [4.69, 9.17) is 21.2 Å². The first kappa shape index (κ1) is 16.1. The molecule has 0 aromatic heterocycles. The number of benzene rings is 2. The van der Waals surface area contributed by atoms with Gasteiger partial charge in [-0.15, -0.1) is 0 Å². The lowest BCUT2D eigenvalue weighted by Crippen LogP contribution is -2.04. The van der Waals surface area contributed by atoms with E-state index in [1.807, 2.05) is 0 Å². The van der Waals surface area contributed by atoms with Crippen LogP contribution in [0.5, 0.6) is 0 Å². The average Bonchev–Trinajstić information content (AvgIpc) is 2.40. The summed E-state index contributed by atoms with van der Waals surface area (Å²) in [6, 6.07) is 15.3. The molecule has 2 aromatic carbocycles. The topological polar surface area (TPSA) is 68.3 Å². The summed E-state index contributed by atoms with van der Waals surface area (Å²) in [4.78, 5) is 16.6. The molecule has 104 valence electrons. The zero-order chi connectivity index (χ0) is 15.0. The van der Waals surface area contributed by atoms with Gasteiger partial charge in [-0.2, -0.15) is 9.59 Å². The van der Waals surface area contributed by atoms with Gasteiger partial charge in [-0.1, -0.05) is 41.9 Å². The fourth-order valence-corrected chi connectivity index (χ4v) is 3.13. The zero-order valence-electron chi connectivity index (χ0n) is 10.3. The van der Waals surface area contributed by atoms with Crippen LogP contribution in [0.15, 0.2) is 59.5 Å². The van der Waals surface area contributed by atoms with E-state index in [0.29, 0.717) is 15.5 Å². The summed E-state index contributed by atoms with van der Waals surface area (Å²) in [7, 11) is -3.29. The Morgan fingerprint density at radius 3 is 2.10 bits per heavy atom. The fraction of sp³-hybridized carbons (Fsp3) is 0.0714. The lowest BCUT2D eigenvalue weighted by atomic mass is 10.2. The molecular formula is C14H11ClO4S. The molecule has 0 unspecified atom stereocenters. The third-order valence-electron chi connectivity index (χ3n) is 2.35. The third-order valence-corrected chi connectivity index (χ3v) is 4.29. The van der Waals surface area contributed by atoms with Crippen LogP contribution < -0.4 is 0 Å².